The van der Waals surface area contributed by atoms with E-state index in [1.165, 1.54) is 19.1 Å². The SMILES string of the molecule is COC(=O)[C@@H]1[C@@H](c2ccc(CN)cc2)C[C@@H]2CC[C@H]1N2C. The van der Waals surface area contributed by atoms with Gasteiger partial charge in [0, 0.05) is 24.5 Å². The first-order chi connectivity index (χ1) is 10.2. The molecule has 4 nitrogen and oxygen atoms in total. The van der Waals surface area contributed by atoms with Gasteiger partial charge in [-0.1, -0.05) is 24.3 Å². The van der Waals surface area contributed by atoms with Gasteiger partial charge in [-0.05, 0) is 37.4 Å². The number of benzene rings is 1. The third-order valence-electron chi connectivity index (χ3n) is 5.39. The van der Waals surface area contributed by atoms with Gasteiger partial charge in [-0.2, -0.15) is 0 Å². The molecule has 4 heteroatoms. The molecule has 4 atom stereocenters. The normalized spacial score (nSPS) is 32.1. The maximum absolute atomic E-state index is 12.3. The highest BCUT2D eigenvalue weighted by atomic mass is 16.5. The fraction of sp³-hybridized carbons (Fsp3) is 0.588. The van der Waals surface area contributed by atoms with Gasteiger partial charge >= 0.3 is 5.97 Å². The van der Waals surface area contributed by atoms with Gasteiger partial charge in [0.25, 0.3) is 0 Å². The summed E-state index contributed by atoms with van der Waals surface area (Å²) in [7, 11) is 3.64. The Morgan fingerprint density at radius 2 is 2.05 bits per heavy atom. The fourth-order valence-electron chi connectivity index (χ4n) is 4.17. The van der Waals surface area contributed by atoms with Crippen LogP contribution in [0.3, 0.4) is 0 Å². The van der Waals surface area contributed by atoms with E-state index in [2.05, 4.69) is 36.2 Å². The van der Waals surface area contributed by atoms with E-state index in [4.69, 9.17) is 10.5 Å². The Hall–Kier alpha value is -1.39. The molecule has 1 aromatic rings. The minimum Gasteiger partial charge on any atom is -0.469 e. The molecule has 2 bridgehead atoms. The number of nitrogens with two attached hydrogens (primary N) is 1. The number of piperidine rings is 1. The second-order valence-corrected chi connectivity index (χ2v) is 6.30. The number of carbonyl (C=O) groups is 1. The summed E-state index contributed by atoms with van der Waals surface area (Å²) in [4.78, 5) is 14.7. The Balaban J connectivity index is 1.92. The van der Waals surface area contributed by atoms with Gasteiger partial charge in [-0.25, -0.2) is 0 Å². The molecular formula is C17H24N2O2. The van der Waals surface area contributed by atoms with Gasteiger partial charge in [0.2, 0.25) is 0 Å². The highest BCUT2D eigenvalue weighted by Crippen LogP contribution is 2.46. The molecule has 0 radical (unpaired) electrons. The van der Waals surface area contributed by atoms with Crippen molar-refractivity contribution in [2.45, 2.75) is 43.8 Å². The molecule has 2 aliphatic heterocycles. The molecule has 2 N–H and O–H groups in total. The first-order valence-corrected chi connectivity index (χ1v) is 7.74. The minimum absolute atomic E-state index is 0.0533. The van der Waals surface area contributed by atoms with E-state index in [-0.39, 0.29) is 17.8 Å². The zero-order chi connectivity index (χ0) is 15.0. The highest BCUT2D eigenvalue weighted by molar-refractivity contribution is 5.75. The van der Waals surface area contributed by atoms with E-state index >= 15 is 0 Å². The largest absolute Gasteiger partial charge is 0.469 e. The standard InChI is InChI=1S/C17H24N2O2/c1-19-13-7-8-15(19)16(17(20)21-2)14(9-13)12-5-3-11(10-18)4-6-12/h3-6,13-16H,7-10,18H2,1-2H3/t13-,14+,15+,16+/m0/s1. The van der Waals surface area contributed by atoms with Gasteiger partial charge in [-0.3, -0.25) is 9.69 Å². The molecule has 3 rings (SSSR count). The van der Waals surface area contributed by atoms with Crippen molar-refractivity contribution in [1.29, 1.82) is 0 Å². The number of methoxy groups -OCH3 is 1. The second-order valence-electron chi connectivity index (χ2n) is 6.30. The molecule has 2 heterocycles. The molecule has 2 fully saturated rings. The van der Waals surface area contributed by atoms with Crippen molar-refractivity contribution in [2.75, 3.05) is 14.2 Å². The predicted octanol–water partition coefficient (Wildman–Crippen LogP) is 1.88. The topological polar surface area (TPSA) is 55.6 Å². The molecular weight excluding hydrogens is 264 g/mol. The Morgan fingerprint density at radius 1 is 1.33 bits per heavy atom. The monoisotopic (exact) mass is 288 g/mol. The molecule has 0 amide bonds. The summed E-state index contributed by atoms with van der Waals surface area (Å²) in [5.41, 5.74) is 8.04. The first kappa shape index (κ1) is 14.5. The molecule has 21 heavy (non-hydrogen) atoms. The van der Waals surface area contributed by atoms with Gasteiger partial charge in [-0.15, -0.1) is 0 Å². The summed E-state index contributed by atoms with van der Waals surface area (Å²) in [5.74, 6) is 0.139. The zero-order valence-electron chi connectivity index (χ0n) is 12.8. The van der Waals surface area contributed by atoms with Crippen LogP contribution in [-0.4, -0.2) is 37.1 Å². The lowest BCUT2D eigenvalue weighted by Crippen LogP contribution is -2.49. The van der Waals surface area contributed by atoms with Gasteiger partial charge in [0.15, 0.2) is 0 Å². The number of esters is 1. The number of hydrogen-bond donors (Lipinski definition) is 1. The maximum Gasteiger partial charge on any atom is 0.310 e. The Bertz CT molecular complexity index is 514. The fourth-order valence-corrected chi connectivity index (χ4v) is 4.17. The third-order valence-corrected chi connectivity index (χ3v) is 5.39. The van der Waals surface area contributed by atoms with Crippen molar-refractivity contribution in [3.63, 3.8) is 0 Å². The minimum atomic E-state index is -0.0694. The molecule has 0 aromatic heterocycles. The van der Waals surface area contributed by atoms with Gasteiger partial charge in [0.1, 0.15) is 0 Å². The summed E-state index contributed by atoms with van der Waals surface area (Å²) in [6.07, 6.45) is 3.32. The number of fused-ring (bicyclic) bond motifs is 2. The third kappa shape index (κ3) is 2.47. The Labute approximate surface area is 126 Å². The number of nitrogens with zero attached hydrogens (tertiary/aromatic N) is 1. The van der Waals surface area contributed by atoms with Crippen molar-refractivity contribution >= 4 is 5.97 Å². The van der Waals surface area contributed by atoms with Crippen LogP contribution in [0, 0.1) is 5.92 Å². The summed E-state index contributed by atoms with van der Waals surface area (Å²) in [6.45, 7) is 0.555. The van der Waals surface area contributed by atoms with Gasteiger partial charge in [0.05, 0.1) is 13.0 Å². The van der Waals surface area contributed by atoms with E-state index in [0.717, 1.165) is 18.4 Å². The molecule has 0 spiro atoms. The van der Waals surface area contributed by atoms with Crippen LogP contribution in [0.5, 0.6) is 0 Å². The molecule has 0 aliphatic carbocycles. The summed E-state index contributed by atoms with van der Waals surface area (Å²) >= 11 is 0. The lowest BCUT2D eigenvalue weighted by atomic mass is 9.76. The van der Waals surface area contributed by atoms with Crippen molar-refractivity contribution in [3.8, 4) is 0 Å². The van der Waals surface area contributed by atoms with Crippen molar-refractivity contribution in [2.24, 2.45) is 11.7 Å². The Kier molecular flexibility index (Phi) is 4.00. The number of hydrogen-bond acceptors (Lipinski definition) is 4. The van der Waals surface area contributed by atoms with Crippen LogP contribution in [0.4, 0.5) is 0 Å². The number of rotatable bonds is 3. The van der Waals surface area contributed by atoms with Crippen molar-refractivity contribution in [3.05, 3.63) is 35.4 Å². The average Bonchev–Trinajstić information content (AvgIpc) is 2.76. The summed E-state index contributed by atoms with van der Waals surface area (Å²) in [5, 5.41) is 0. The smallest absolute Gasteiger partial charge is 0.310 e. The van der Waals surface area contributed by atoms with Crippen LogP contribution < -0.4 is 5.73 Å². The van der Waals surface area contributed by atoms with Crippen LogP contribution in [0.25, 0.3) is 0 Å². The number of ether oxygens (including phenoxy) is 1. The van der Waals surface area contributed by atoms with E-state index in [9.17, 15) is 4.79 Å². The van der Waals surface area contributed by atoms with Crippen LogP contribution in [0.15, 0.2) is 24.3 Å². The van der Waals surface area contributed by atoms with Crippen LogP contribution in [0.1, 0.15) is 36.3 Å². The molecule has 0 saturated carbocycles. The molecule has 2 aliphatic rings. The van der Waals surface area contributed by atoms with E-state index < -0.39 is 0 Å². The second kappa shape index (κ2) is 5.78. The van der Waals surface area contributed by atoms with Crippen LogP contribution in [0.2, 0.25) is 0 Å². The lowest BCUT2D eigenvalue weighted by molar-refractivity contribution is -0.150. The highest BCUT2D eigenvalue weighted by Gasteiger charge is 2.49. The molecule has 1 aromatic carbocycles. The zero-order valence-corrected chi connectivity index (χ0v) is 12.8. The molecule has 0 unspecified atom stereocenters. The van der Waals surface area contributed by atoms with E-state index in [1.54, 1.807) is 0 Å². The summed E-state index contributed by atoms with van der Waals surface area (Å²) in [6, 6.07) is 9.32. The molecule has 114 valence electrons. The molecule has 2 saturated heterocycles. The van der Waals surface area contributed by atoms with Crippen LogP contribution >= 0.6 is 0 Å². The number of carbonyl (C=O) groups excluding carboxylic acids is 1. The first-order valence-electron chi connectivity index (χ1n) is 7.74. The Morgan fingerprint density at radius 3 is 2.67 bits per heavy atom. The predicted molar refractivity (Wildman–Crippen MR) is 81.8 cm³/mol. The average molecular weight is 288 g/mol. The summed E-state index contributed by atoms with van der Waals surface area (Å²) < 4.78 is 5.10. The van der Waals surface area contributed by atoms with E-state index in [0.29, 0.717) is 18.6 Å². The quantitative estimate of drug-likeness (QED) is 0.863. The lowest BCUT2D eigenvalue weighted by Gasteiger charge is -2.41. The van der Waals surface area contributed by atoms with E-state index in [1.807, 2.05) is 0 Å². The van der Waals surface area contributed by atoms with Crippen LogP contribution in [-0.2, 0) is 16.1 Å². The maximum atomic E-state index is 12.3. The van der Waals surface area contributed by atoms with Crippen molar-refractivity contribution in [1.82, 2.24) is 4.90 Å². The van der Waals surface area contributed by atoms with Gasteiger partial charge < -0.3 is 10.5 Å². The van der Waals surface area contributed by atoms with Crippen molar-refractivity contribution < 1.29 is 9.53 Å².